The molecule has 2 N–H and O–H groups in total. The molecule has 7 nitrogen and oxygen atoms in total. The summed E-state index contributed by atoms with van der Waals surface area (Å²) >= 11 is 2.85. The van der Waals surface area contributed by atoms with Gasteiger partial charge in [0.15, 0.2) is 5.01 Å². The smallest absolute Gasteiger partial charge is 0.321 e. The Morgan fingerprint density at radius 2 is 2.00 bits per heavy atom. The van der Waals surface area contributed by atoms with Crippen LogP contribution in [-0.2, 0) is 9.53 Å². The van der Waals surface area contributed by atoms with E-state index in [1.54, 1.807) is 16.7 Å². The summed E-state index contributed by atoms with van der Waals surface area (Å²) in [6, 6.07) is 12.8. The number of carbonyl (C=O) groups excluding carboxylic acids is 2. The zero-order chi connectivity index (χ0) is 22.5. The highest BCUT2D eigenvalue weighted by molar-refractivity contribution is 7.17. The molecule has 160 valence electrons. The van der Waals surface area contributed by atoms with Gasteiger partial charge < -0.3 is 10.1 Å². The van der Waals surface area contributed by atoms with Crippen LogP contribution in [0.1, 0.15) is 23.5 Å². The number of ether oxygens (including phenoxy) is 1. The van der Waals surface area contributed by atoms with Gasteiger partial charge in [0, 0.05) is 17.9 Å². The molecule has 4 rings (SSSR count). The van der Waals surface area contributed by atoms with Gasteiger partial charge in [0.05, 0.1) is 21.8 Å². The lowest BCUT2D eigenvalue weighted by Gasteiger charge is -2.19. The fourth-order valence-corrected chi connectivity index (χ4v) is 4.52. The Kier molecular flexibility index (Phi) is 6.44. The lowest BCUT2D eigenvalue weighted by atomic mass is 10.0. The van der Waals surface area contributed by atoms with Crippen LogP contribution in [0, 0.1) is 12.3 Å². The molecule has 4 aromatic rings. The van der Waals surface area contributed by atoms with Crippen LogP contribution in [0.4, 0.5) is 10.6 Å². The standard InChI is InChI=1S/C23H18N4O3S2/c1-3-21-26-20(12-31-21)27-23(29)25-19(11-30-14(2)28)16-9-7-15(8-10-16)17-5-4-6-18-22(17)32-13-24-18/h1,4-10,12-13,19H,11H2,2H3,(H2,25,27,29)/t19-/m0/s1. The quantitative estimate of drug-likeness (QED) is 0.316. The van der Waals surface area contributed by atoms with Crippen LogP contribution in [0.3, 0.4) is 0 Å². The molecular formula is C23H18N4O3S2. The van der Waals surface area contributed by atoms with Gasteiger partial charge in [-0.2, -0.15) is 0 Å². The van der Waals surface area contributed by atoms with Gasteiger partial charge >= 0.3 is 12.0 Å². The number of anilines is 1. The maximum absolute atomic E-state index is 12.5. The van der Waals surface area contributed by atoms with E-state index in [1.807, 2.05) is 41.9 Å². The van der Waals surface area contributed by atoms with Crippen molar-refractivity contribution in [2.75, 3.05) is 11.9 Å². The number of urea groups is 1. The normalized spacial score (nSPS) is 11.5. The molecule has 0 aliphatic heterocycles. The van der Waals surface area contributed by atoms with Gasteiger partial charge in [-0.1, -0.05) is 36.4 Å². The van der Waals surface area contributed by atoms with E-state index in [4.69, 9.17) is 11.2 Å². The van der Waals surface area contributed by atoms with Crippen LogP contribution in [0.25, 0.3) is 21.3 Å². The van der Waals surface area contributed by atoms with Crippen molar-refractivity contribution in [1.29, 1.82) is 0 Å². The van der Waals surface area contributed by atoms with E-state index >= 15 is 0 Å². The van der Waals surface area contributed by atoms with Crippen LogP contribution in [0.15, 0.2) is 53.4 Å². The number of fused-ring (bicyclic) bond motifs is 1. The van der Waals surface area contributed by atoms with Crippen LogP contribution >= 0.6 is 22.7 Å². The number of aromatic nitrogens is 2. The van der Waals surface area contributed by atoms with E-state index in [1.165, 1.54) is 18.3 Å². The molecule has 0 aliphatic rings. The molecular weight excluding hydrogens is 444 g/mol. The molecule has 9 heteroatoms. The second kappa shape index (κ2) is 9.60. The first-order chi connectivity index (χ1) is 15.5. The van der Waals surface area contributed by atoms with Gasteiger partial charge in [0.1, 0.15) is 12.4 Å². The first-order valence-corrected chi connectivity index (χ1v) is 11.3. The van der Waals surface area contributed by atoms with Crippen LogP contribution in [-0.4, -0.2) is 28.6 Å². The number of hydrogen-bond acceptors (Lipinski definition) is 7. The van der Waals surface area contributed by atoms with Crippen molar-refractivity contribution in [3.63, 3.8) is 0 Å². The van der Waals surface area contributed by atoms with E-state index in [0.29, 0.717) is 10.8 Å². The molecule has 0 unspecified atom stereocenters. The predicted molar refractivity (Wildman–Crippen MR) is 127 cm³/mol. The van der Waals surface area contributed by atoms with Crippen LogP contribution in [0.2, 0.25) is 0 Å². The maximum atomic E-state index is 12.5. The average Bonchev–Trinajstić information content (AvgIpc) is 3.45. The summed E-state index contributed by atoms with van der Waals surface area (Å²) in [7, 11) is 0. The van der Waals surface area contributed by atoms with E-state index in [2.05, 4.69) is 32.6 Å². The highest BCUT2D eigenvalue weighted by Crippen LogP contribution is 2.31. The van der Waals surface area contributed by atoms with Crippen LogP contribution in [0.5, 0.6) is 0 Å². The Balaban J connectivity index is 1.53. The number of hydrogen-bond donors (Lipinski definition) is 2. The molecule has 0 bridgehead atoms. The summed E-state index contributed by atoms with van der Waals surface area (Å²) in [6.45, 7) is 1.33. The van der Waals surface area contributed by atoms with Crippen molar-refractivity contribution in [2.45, 2.75) is 13.0 Å². The van der Waals surface area contributed by atoms with Crippen molar-refractivity contribution in [2.24, 2.45) is 0 Å². The molecule has 2 heterocycles. The third-order valence-electron chi connectivity index (χ3n) is 4.61. The third-order valence-corrected chi connectivity index (χ3v) is 6.26. The number of terminal acetylenes is 1. The van der Waals surface area contributed by atoms with Gasteiger partial charge in [0.2, 0.25) is 0 Å². The minimum absolute atomic E-state index is 0.000796. The Morgan fingerprint density at radius 1 is 1.19 bits per heavy atom. The maximum Gasteiger partial charge on any atom is 0.321 e. The molecule has 2 aromatic carbocycles. The predicted octanol–water partition coefficient (Wildman–Crippen LogP) is 4.83. The number of nitrogens with zero attached hydrogens (tertiary/aromatic N) is 2. The van der Waals surface area contributed by atoms with E-state index in [-0.39, 0.29) is 6.61 Å². The number of rotatable bonds is 6. The van der Waals surface area contributed by atoms with Gasteiger partial charge in [-0.05, 0) is 23.1 Å². The minimum Gasteiger partial charge on any atom is -0.463 e. The molecule has 0 saturated heterocycles. The number of nitrogens with one attached hydrogen (secondary N) is 2. The SMILES string of the molecule is C#Cc1nc(NC(=O)N[C@@H](COC(C)=O)c2ccc(-c3cccc4ncsc34)cc2)cs1. The molecule has 1 atom stereocenters. The molecule has 2 aromatic heterocycles. The number of amides is 2. The van der Waals surface area contributed by atoms with Gasteiger partial charge in [-0.3, -0.25) is 10.1 Å². The molecule has 0 saturated carbocycles. The van der Waals surface area contributed by atoms with Crippen molar-refractivity contribution in [1.82, 2.24) is 15.3 Å². The summed E-state index contributed by atoms with van der Waals surface area (Å²) in [5, 5.41) is 7.61. The fourth-order valence-electron chi connectivity index (χ4n) is 3.14. The summed E-state index contributed by atoms with van der Waals surface area (Å²) in [4.78, 5) is 32.3. The molecule has 0 spiro atoms. The number of benzene rings is 2. The lowest BCUT2D eigenvalue weighted by Crippen LogP contribution is -2.35. The molecule has 0 radical (unpaired) electrons. The summed E-state index contributed by atoms with van der Waals surface area (Å²) in [5.74, 6) is 2.36. The second-order valence-electron chi connectivity index (χ2n) is 6.76. The Bertz CT molecular complexity index is 1300. The highest BCUT2D eigenvalue weighted by Gasteiger charge is 2.18. The summed E-state index contributed by atoms with van der Waals surface area (Å²) < 4.78 is 6.28. The second-order valence-corrected chi connectivity index (χ2v) is 8.48. The highest BCUT2D eigenvalue weighted by atomic mass is 32.1. The van der Waals surface area contributed by atoms with Gasteiger partial charge in [-0.15, -0.1) is 29.1 Å². The zero-order valence-electron chi connectivity index (χ0n) is 17.0. The Morgan fingerprint density at radius 3 is 2.72 bits per heavy atom. The lowest BCUT2D eigenvalue weighted by molar-refractivity contribution is -0.141. The van der Waals surface area contributed by atoms with Gasteiger partial charge in [0.25, 0.3) is 0 Å². The van der Waals surface area contributed by atoms with Crippen LogP contribution < -0.4 is 10.6 Å². The molecule has 32 heavy (non-hydrogen) atoms. The summed E-state index contributed by atoms with van der Waals surface area (Å²) in [5.41, 5.74) is 5.70. The monoisotopic (exact) mass is 462 g/mol. The minimum atomic E-state index is -0.544. The van der Waals surface area contributed by atoms with Crippen molar-refractivity contribution in [3.8, 4) is 23.5 Å². The summed E-state index contributed by atoms with van der Waals surface area (Å²) in [6.07, 6.45) is 5.32. The van der Waals surface area contributed by atoms with Crippen molar-refractivity contribution in [3.05, 3.63) is 63.9 Å². The fraction of sp³-hybridized carbons (Fsp3) is 0.130. The third kappa shape index (κ3) is 4.94. The van der Waals surface area contributed by atoms with Gasteiger partial charge in [-0.25, -0.2) is 14.8 Å². The Hall–Kier alpha value is -3.74. The van der Waals surface area contributed by atoms with Crippen molar-refractivity contribution >= 4 is 50.7 Å². The first-order valence-electron chi connectivity index (χ1n) is 9.59. The van der Waals surface area contributed by atoms with E-state index in [9.17, 15) is 9.59 Å². The molecule has 0 fully saturated rings. The largest absolute Gasteiger partial charge is 0.463 e. The number of esters is 1. The van der Waals surface area contributed by atoms with E-state index in [0.717, 1.165) is 26.9 Å². The van der Waals surface area contributed by atoms with Crippen molar-refractivity contribution < 1.29 is 14.3 Å². The molecule has 2 amide bonds. The number of thiazole rings is 2. The average molecular weight is 463 g/mol. The Labute approximate surface area is 192 Å². The topological polar surface area (TPSA) is 93.2 Å². The number of carbonyl (C=O) groups is 2. The first kappa shape index (κ1) is 21.5. The zero-order valence-corrected chi connectivity index (χ0v) is 18.6. The van der Waals surface area contributed by atoms with E-state index < -0.39 is 18.0 Å². The molecule has 0 aliphatic carbocycles.